The molecule has 230 valence electrons. The van der Waals surface area contributed by atoms with Gasteiger partial charge in [-0.1, -0.05) is 38.0 Å². The molecule has 0 radical (unpaired) electrons. The molecule has 2 aliphatic heterocycles. The van der Waals surface area contributed by atoms with Gasteiger partial charge < -0.3 is 20.4 Å². The summed E-state index contributed by atoms with van der Waals surface area (Å²) in [5, 5.41) is 3.48. The maximum atomic E-state index is 11.6. The van der Waals surface area contributed by atoms with Crippen molar-refractivity contribution in [2.24, 2.45) is 0 Å². The van der Waals surface area contributed by atoms with Crippen molar-refractivity contribution in [3.05, 3.63) is 59.3 Å². The van der Waals surface area contributed by atoms with Crippen LogP contribution >= 0.6 is 0 Å². The van der Waals surface area contributed by atoms with Crippen molar-refractivity contribution in [1.82, 2.24) is 29.2 Å². The number of rotatable bonds is 15. The Balaban J connectivity index is 1.08. The number of nitrogens with two attached hydrogens (primary N) is 1. The van der Waals surface area contributed by atoms with Gasteiger partial charge in [0.15, 0.2) is 5.82 Å². The van der Waals surface area contributed by atoms with Crippen LogP contribution in [0.15, 0.2) is 42.6 Å². The number of unbranched alkanes of at least 4 members (excludes halogenated alkanes) is 2. The number of carbonyl (C=O) groups excluding carboxylic acids is 2. The van der Waals surface area contributed by atoms with Crippen LogP contribution in [0, 0.1) is 6.92 Å². The van der Waals surface area contributed by atoms with Gasteiger partial charge in [-0.3, -0.25) is 24.3 Å². The number of benzene rings is 1. The molecule has 11 nitrogen and oxygen atoms in total. The summed E-state index contributed by atoms with van der Waals surface area (Å²) in [5.74, 6) is 0.576. The first-order valence-electron chi connectivity index (χ1n) is 15.4. The van der Waals surface area contributed by atoms with Gasteiger partial charge in [0.25, 0.3) is 11.8 Å². The number of nitrogens with one attached hydrogen (secondary N) is 1. The molecule has 3 N–H and O–H groups in total. The van der Waals surface area contributed by atoms with E-state index < -0.39 is 0 Å². The second-order valence-electron chi connectivity index (χ2n) is 11.4. The Morgan fingerprint density at radius 1 is 0.930 bits per heavy atom. The molecule has 5 rings (SSSR count). The molecule has 2 aliphatic rings. The Labute approximate surface area is 253 Å². The number of aryl methyl sites for hydroxylation is 1. The second-order valence-corrected chi connectivity index (χ2v) is 11.4. The van der Waals surface area contributed by atoms with E-state index in [1.165, 1.54) is 46.6 Å². The van der Waals surface area contributed by atoms with Crippen LogP contribution in [0.25, 0.3) is 11.0 Å². The number of imide groups is 1. The molecule has 0 saturated carbocycles. The van der Waals surface area contributed by atoms with E-state index in [0.717, 1.165) is 75.6 Å². The van der Waals surface area contributed by atoms with Crippen LogP contribution in [-0.4, -0.2) is 100 Å². The zero-order valence-corrected chi connectivity index (χ0v) is 25.4. The number of piperazine rings is 1. The minimum atomic E-state index is -0.259. The van der Waals surface area contributed by atoms with Crippen molar-refractivity contribution in [1.29, 1.82) is 0 Å². The number of aromatic nitrogens is 3. The van der Waals surface area contributed by atoms with E-state index in [9.17, 15) is 9.59 Å². The predicted molar refractivity (Wildman–Crippen MR) is 169 cm³/mol. The topological polar surface area (TPSA) is 122 Å². The number of anilines is 2. The molecule has 43 heavy (non-hydrogen) atoms. The van der Waals surface area contributed by atoms with E-state index in [-0.39, 0.29) is 11.8 Å². The number of carbonyl (C=O) groups is 2. The summed E-state index contributed by atoms with van der Waals surface area (Å²) in [5.41, 5.74) is 11.7. The average molecular weight is 589 g/mol. The smallest absolute Gasteiger partial charge is 0.253 e. The lowest BCUT2D eigenvalue weighted by Crippen LogP contribution is -2.46. The molecule has 1 fully saturated rings. The third-order valence-corrected chi connectivity index (χ3v) is 8.23. The summed E-state index contributed by atoms with van der Waals surface area (Å²) in [6.45, 7) is 13.1. The molecule has 0 atom stereocenters. The summed E-state index contributed by atoms with van der Waals surface area (Å²) in [4.78, 5) is 38.3. The van der Waals surface area contributed by atoms with Crippen LogP contribution < -0.4 is 11.1 Å². The van der Waals surface area contributed by atoms with Crippen molar-refractivity contribution in [2.45, 2.75) is 46.2 Å². The minimum Gasteiger partial charge on any atom is -0.378 e. The van der Waals surface area contributed by atoms with E-state index >= 15 is 0 Å². The third-order valence-electron chi connectivity index (χ3n) is 8.23. The molecule has 2 amide bonds. The normalized spacial score (nSPS) is 16.2. The first kappa shape index (κ1) is 30.7. The first-order valence-corrected chi connectivity index (χ1v) is 15.4. The van der Waals surface area contributed by atoms with E-state index in [2.05, 4.69) is 67.9 Å². The number of nitrogen functional groups attached to an aromatic ring is 1. The fourth-order valence-corrected chi connectivity index (χ4v) is 5.71. The number of ether oxygens (including phenoxy) is 1. The lowest BCUT2D eigenvalue weighted by Gasteiger charge is -2.34. The summed E-state index contributed by atoms with van der Waals surface area (Å²) >= 11 is 0. The van der Waals surface area contributed by atoms with Crippen molar-refractivity contribution in [2.75, 3.05) is 70.1 Å². The summed E-state index contributed by atoms with van der Waals surface area (Å²) in [6.07, 6.45) is 8.13. The van der Waals surface area contributed by atoms with Crippen LogP contribution in [0.4, 0.5) is 11.8 Å². The monoisotopic (exact) mass is 588 g/mol. The molecule has 1 aromatic carbocycles. The molecule has 0 unspecified atom stereocenters. The Hall–Kier alpha value is -3.80. The molecule has 0 aliphatic carbocycles. The van der Waals surface area contributed by atoms with Gasteiger partial charge in [-0.2, -0.15) is 4.98 Å². The van der Waals surface area contributed by atoms with Crippen LogP contribution in [0.5, 0.6) is 0 Å². The highest BCUT2D eigenvalue weighted by Crippen LogP contribution is 2.25. The Morgan fingerprint density at radius 3 is 2.42 bits per heavy atom. The summed E-state index contributed by atoms with van der Waals surface area (Å²) in [7, 11) is 0. The zero-order valence-electron chi connectivity index (χ0n) is 25.4. The number of hydrogen-bond donors (Lipinski definition) is 2. The van der Waals surface area contributed by atoms with E-state index in [1.807, 2.05) is 6.07 Å². The van der Waals surface area contributed by atoms with Gasteiger partial charge in [-0.25, -0.2) is 4.98 Å². The summed E-state index contributed by atoms with van der Waals surface area (Å²) < 4.78 is 7.91. The summed E-state index contributed by atoms with van der Waals surface area (Å²) in [6, 6.07) is 8.82. The fraction of sp³-hybridized carbons (Fsp3) is 0.500. The van der Waals surface area contributed by atoms with Gasteiger partial charge in [-0.15, -0.1) is 0 Å². The molecule has 0 bridgehead atoms. The second kappa shape index (κ2) is 14.6. The zero-order chi connectivity index (χ0) is 30.2. The van der Waals surface area contributed by atoms with Gasteiger partial charge in [0, 0.05) is 70.7 Å². The van der Waals surface area contributed by atoms with E-state index in [1.54, 1.807) is 0 Å². The number of fused-ring (bicyclic) bond motifs is 1. The third kappa shape index (κ3) is 7.98. The molecule has 4 heterocycles. The fourth-order valence-electron chi connectivity index (χ4n) is 5.71. The number of hydrogen-bond acceptors (Lipinski definition) is 9. The molecule has 1 saturated heterocycles. The van der Waals surface area contributed by atoms with Gasteiger partial charge in [0.2, 0.25) is 5.95 Å². The van der Waals surface area contributed by atoms with E-state index in [4.69, 9.17) is 10.5 Å². The Morgan fingerprint density at radius 2 is 1.67 bits per heavy atom. The molecule has 11 heteroatoms. The molecular formula is C32H44N8O3. The minimum absolute atomic E-state index is 0.259. The van der Waals surface area contributed by atoms with Gasteiger partial charge in [0.1, 0.15) is 5.52 Å². The number of amides is 2. The Kier molecular flexibility index (Phi) is 10.4. The van der Waals surface area contributed by atoms with Gasteiger partial charge in [-0.05, 0) is 36.1 Å². The van der Waals surface area contributed by atoms with Gasteiger partial charge >= 0.3 is 0 Å². The first-order chi connectivity index (χ1) is 20.9. The van der Waals surface area contributed by atoms with Crippen molar-refractivity contribution in [3.8, 4) is 0 Å². The maximum Gasteiger partial charge on any atom is 0.253 e. The standard InChI is InChI=1S/C32H44N8O3/c1-3-4-5-11-34-31-30-27(35-32(33)36-31)10-12-39(30)23-26-7-6-25(21-24(26)2)22-38-15-13-37(14-16-38)17-19-43-20-18-40-28(41)8-9-29(40)42/h6-10,12,21H,3-5,11,13-20,22-23H2,1-2H3,(H3,33,34,35,36). The van der Waals surface area contributed by atoms with E-state index in [0.29, 0.717) is 25.7 Å². The van der Waals surface area contributed by atoms with Crippen molar-refractivity contribution < 1.29 is 14.3 Å². The van der Waals surface area contributed by atoms with Crippen LogP contribution in [0.1, 0.15) is 42.9 Å². The highest BCUT2D eigenvalue weighted by Gasteiger charge is 2.23. The lowest BCUT2D eigenvalue weighted by atomic mass is 10.0. The molecule has 0 spiro atoms. The van der Waals surface area contributed by atoms with Crippen molar-refractivity contribution in [3.63, 3.8) is 0 Å². The lowest BCUT2D eigenvalue weighted by molar-refractivity contribution is -0.137. The molecule has 2 aromatic heterocycles. The quantitative estimate of drug-likeness (QED) is 0.204. The maximum absolute atomic E-state index is 11.6. The van der Waals surface area contributed by atoms with Crippen molar-refractivity contribution >= 4 is 34.6 Å². The van der Waals surface area contributed by atoms with Crippen LogP contribution in [0.3, 0.4) is 0 Å². The number of nitrogens with zero attached hydrogens (tertiary/aromatic N) is 6. The van der Waals surface area contributed by atoms with Crippen LogP contribution in [-0.2, 0) is 27.4 Å². The Bertz CT molecular complexity index is 1430. The SMILES string of the molecule is CCCCCNc1nc(N)nc2ccn(Cc3ccc(CN4CCN(CCOCCN5C(=O)C=CC5=O)CC4)cc3C)c12. The van der Waals surface area contributed by atoms with Gasteiger partial charge in [0.05, 0.1) is 25.3 Å². The largest absolute Gasteiger partial charge is 0.378 e. The predicted octanol–water partition coefficient (Wildman–Crippen LogP) is 3.03. The van der Waals surface area contributed by atoms with Crippen LogP contribution in [0.2, 0.25) is 0 Å². The average Bonchev–Trinajstić information content (AvgIpc) is 3.54. The highest BCUT2D eigenvalue weighted by atomic mass is 16.5. The molecule has 3 aromatic rings. The highest BCUT2D eigenvalue weighted by molar-refractivity contribution is 6.12. The molecular weight excluding hydrogens is 544 g/mol.